The van der Waals surface area contributed by atoms with Gasteiger partial charge in [0.2, 0.25) is 0 Å². The highest BCUT2D eigenvalue weighted by Crippen LogP contribution is 2.38. The highest BCUT2D eigenvalue weighted by Gasteiger charge is 2.28. The zero-order valence-corrected chi connectivity index (χ0v) is 11.1. The molecular formula is C14H27Cl. The fraction of sp³-hybridized carbons (Fsp3) is 1.00. The van der Waals surface area contributed by atoms with E-state index < -0.39 is 0 Å². The summed E-state index contributed by atoms with van der Waals surface area (Å²) in [5, 5.41) is 0. The van der Waals surface area contributed by atoms with Crippen LogP contribution in [0.3, 0.4) is 0 Å². The van der Waals surface area contributed by atoms with Gasteiger partial charge in [-0.25, -0.2) is 0 Å². The lowest BCUT2D eigenvalue weighted by molar-refractivity contribution is 0.357. The first kappa shape index (κ1) is 13.4. The van der Waals surface area contributed by atoms with Gasteiger partial charge in [0.05, 0.1) is 0 Å². The molecule has 0 saturated heterocycles. The maximum Gasteiger partial charge on any atom is 0.0446 e. The first-order valence-electron chi connectivity index (χ1n) is 6.96. The Morgan fingerprint density at radius 3 is 2.13 bits per heavy atom. The van der Waals surface area contributed by atoms with Gasteiger partial charge in [0.25, 0.3) is 0 Å². The van der Waals surface area contributed by atoms with Gasteiger partial charge in [0.1, 0.15) is 0 Å². The fourth-order valence-corrected chi connectivity index (χ4v) is 3.06. The highest BCUT2D eigenvalue weighted by atomic mass is 35.5. The molecule has 0 heterocycles. The second kappa shape index (κ2) is 7.54. The standard InChI is InChI=1S/C14H27Cl/c1-2-3-4-5-6-8-11-14(15)12-9-7-10-13-14/h2-13H2,1H3. The molecule has 0 aromatic rings. The van der Waals surface area contributed by atoms with E-state index in [2.05, 4.69) is 6.92 Å². The van der Waals surface area contributed by atoms with E-state index >= 15 is 0 Å². The molecule has 0 bridgehead atoms. The van der Waals surface area contributed by atoms with E-state index in [9.17, 15) is 0 Å². The van der Waals surface area contributed by atoms with E-state index in [0.29, 0.717) is 0 Å². The lowest BCUT2D eigenvalue weighted by Gasteiger charge is -2.31. The third-order valence-electron chi connectivity index (χ3n) is 3.73. The Kier molecular flexibility index (Phi) is 6.72. The predicted molar refractivity (Wildman–Crippen MR) is 69.7 cm³/mol. The van der Waals surface area contributed by atoms with Crippen LogP contribution in [0.2, 0.25) is 0 Å². The van der Waals surface area contributed by atoms with Gasteiger partial charge in [0, 0.05) is 4.87 Å². The van der Waals surface area contributed by atoms with Crippen molar-refractivity contribution in [1.82, 2.24) is 0 Å². The van der Waals surface area contributed by atoms with E-state index in [1.165, 1.54) is 77.0 Å². The smallest absolute Gasteiger partial charge is 0.0446 e. The van der Waals surface area contributed by atoms with Gasteiger partial charge >= 0.3 is 0 Å². The molecule has 0 radical (unpaired) electrons. The summed E-state index contributed by atoms with van der Waals surface area (Å²) < 4.78 is 0. The summed E-state index contributed by atoms with van der Waals surface area (Å²) in [6.45, 7) is 2.27. The van der Waals surface area contributed by atoms with Gasteiger partial charge in [-0.2, -0.15) is 0 Å². The van der Waals surface area contributed by atoms with Crippen molar-refractivity contribution in [2.75, 3.05) is 0 Å². The Hall–Kier alpha value is 0.290. The predicted octanol–water partition coefficient (Wildman–Crippen LogP) is 5.68. The Labute approximate surface area is 101 Å². The minimum absolute atomic E-state index is 0.197. The van der Waals surface area contributed by atoms with Crippen LogP contribution >= 0.6 is 11.6 Å². The molecular weight excluding hydrogens is 204 g/mol. The first-order chi connectivity index (χ1) is 7.27. The third-order valence-corrected chi connectivity index (χ3v) is 4.29. The minimum Gasteiger partial charge on any atom is -0.119 e. The number of unbranched alkanes of at least 4 members (excludes halogenated alkanes) is 5. The lowest BCUT2D eigenvalue weighted by atomic mass is 9.84. The van der Waals surface area contributed by atoms with Crippen molar-refractivity contribution in [1.29, 1.82) is 0 Å². The van der Waals surface area contributed by atoms with Crippen molar-refractivity contribution in [3.05, 3.63) is 0 Å². The van der Waals surface area contributed by atoms with Crippen LogP contribution in [0.4, 0.5) is 0 Å². The Bertz CT molecular complexity index is 147. The Morgan fingerprint density at radius 2 is 1.47 bits per heavy atom. The zero-order valence-electron chi connectivity index (χ0n) is 10.4. The fourth-order valence-electron chi connectivity index (χ4n) is 2.66. The monoisotopic (exact) mass is 230 g/mol. The molecule has 0 aromatic heterocycles. The largest absolute Gasteiger partial charge is 0.119 e. The molecule has 90 valence electrons. The molecule has 15 heavy (non-hydrogen) atoms. The average Bonchev–Trinajstić information content (AvgIpc) is 2.24. The average molecular weight is 231 g/mol. The molecule has 0 atom stereocenters. The van der Waals surface area contributed by atoms with E-state index in [1.807, 2.05) is 0 Å². The summed E-state index contributed by atoms with van der Waals surface area (Å²) in [6.07, 6.45) is 16.3. The SMILES string of the molecule is CCCCCCCCC1(Cl)CCCCC1. The van der Waals surface area contributed by atoms with Crippen molar-refractivity contribution in [2.24, 2.45) is 0 Å². The minimum atomic E-state index is 0.197. The van der Waals surface area contributed by atoms with Crippen molar-refractivity contribution in [3.8, 4) is 0 Å². The van der Waals surface area contributed by atoms with Crippen LogP contribution in [0.15, 0.2) is 0 Å². The van der Waals surface area contributed by atoms with E-state index in [0.717, 1.165) is 0 Å². The molecule has 1 saturated carbocycles. The molecule has 1 aliphatic rings. The van der Waals surface area contributed by atoms with Gasteiger partial charge in [0.15, 0.2) is 0 Å². The normalized spacial score (nSPS) is 20.4. The molecule has 1 rings (SSSR count). The van der Waals surface area contributed by atoms with Gasteiger partial charge in [-0.1, -0.05) is 64.7 Å². The van der Waals surface area contributed by atoms with Crippen LogP contribution in [-0.4, -0.2) is 4.87 Å². The molecule has 0 aromatic carbocycles. The summed E-state index contributed by atoms with van der Waals surface area (Å²) in [4.78, 5) is 0.197. The van der Waals surface area contributed by atoms with Crippen LogP contribution in [-0.2, 0) is 0 Å². The molecule has 0 spiro atoms. The molecule has 1 aliphatic carbocycles. The Morgan fingerprint density at radius 1 is 0.867 bits per heavy atom. The van der Waals surface area contributed by atoms with Gasteiger partial charge in [-0.15, -0.1) is 11.6 Å². The van der Waals surface area contributed by atoms with Crippen LogP contribution in [0.5, 0.6) is 0 Å². The van der Waals surface area contributed by atoms with E-state index in [4.69, 9.17) is 11.6 Å². The molecule has 0 nitrogen and oxygen atoms in total. The van der Waals surface area contributed by atoms with Crippen LogP contribution in [0.25, 0.3) is 0 Å². The summed E-state index contributed by atoms with van der Waals surface area (Å²) >= 11 is 6.62. The van der Waals surface area contributed by atoms with Crippen molar-refractivity contribution in [3.63, 3.8) is 0 Å². The van der Waals surface area contributed by atoms with Crippen molar-refractivity contribution >= 4 is 11.6 Å². The summed E-state index contributed by atoms with van der Waals surface area (Å²) in [7, 11) is 0. The topological polar surface area (TPSA) is 0 Å². The van der Waals surface area contributed by atoms with Gasteiger partial charge in [-0.3, -0.25) is 0 Å². The maximum absolute atomic E-state index is 6.62. The van der Waals surface area contributed by atoms with Crippen LogP contribution in [0.1, 0.15) is 84.0 Å². The quantitative estimate of drug-likeness (QED) is 0.390. The zero-order chi connectivity index (χ0) is 11.0. The summed E-state index contributed by atoms with van der Waals surface area (Å²) in [5.74, 6) is 0. The van der Waals surface area contributed by atoms with Crippen LogP contribution < -0.4 is 0 Å². The molecule has 0 aliphatic heterocycles. The van der Waals surface area contributed by atoms with Crippen molar-refractivity contribution in [2.45, 2.75) is 88.8 Å². The molecule has 1 heteroatoms. The highest BCUT2D eigenvalue weighted by molar-refractivity contribution is 6.23. The van der Waals surface area contributed by atoms with E-state index in [1.54, 1.807) is 0 Å². The van der Waals surface area contributed by atoms with Gasteiger partial charge in [-0.05, 0) is 19.3 Å². The van der Waals surface area contributed by atoms with E-state index in [-0.39, 0.29) is 4.87 Å². The molecule has 1 fully saturated rings. The molecule has 0 amide bonds. The number of halogens is 1. The maximum atomic E-state index is 6.62. The number of hydrogen-bond acceptors (Lipinski definition) is 0. The second-order valence-corrected chi connectivity index (χ2v) is 6.03. The van der Waals surface area contributed by atoms with Crippen molar-refractivity contribution < 1.29 is 0 Å². The molecule has 0 unspecified atom stereocenters. The first-order valence-corrected chi connectivity index (χ1v) is 7.33. The summed E-state index contributed by atoms with van der Waals surface area (Å²) in [5.41, 5.74) is 0. The number of rotatable bonds is 7. The molecule has 0 N–H and O–H groups in total. The van der Waals surface area contributed by atoms with Gasteiger partial charge < -0.3 is 0 Å². The second-order valence-electron chi connectivity index (χ2n) is 5.23. The van der Waals surface area contributed by atoms with Crippen LogP contribution in [0, 0.1) is 0 Å². The number of hydrogen-bond donors (Lipinski definition) is 0. The third kappa shape index (κ3) is 5.80. The summed E-state index contributed by atoms with van der Waals surface area (Å²) in [6, 6.07) is 0. The lowest BCUT2D eigenvalue weighted by Crippen LogP contribution is -2.24. The number of alkyl halides is 1. The Balaban J connectivity index is 1.98.